The van der Waals surface area contributed by atoms with Crippen LogP contribution in [0.15, 0.2) is 18.2 Å². The van der Waals surface area contributed by atoms with Gasteiger partial charge in [-0.1, -0.05) is 39.5 Å². The second kappa shape index (κ2) is 8.31. The summed E-state index contributed by atoms with van der Waals surface area (Å²) in [7, 11) is 1.76. The fraction of sp³-hybridized carbons (Fsp3) is 0.684. The second-order valence-corrected chi connectivity index (χ2v) is 6.23. The van der Waals surface area contributed by atoms with Crippen molar-refractivity contribution in [2.45, 2.75) is 71.3 Å². The minimum atomic E-state index is 0.720. The van der Waals surface area contributed by atoms with Crippen LogP contribution in [-0.4, -0.2) is 19.7 Å². The van der Waals surface area contributed by atoms with Crippen LogP contribution in [0.25, 0.3) is 0 Å². The molecule has 1 aromatic rings. The van der Waals surface area contributed by atoms with Crippen LogP contribution in [0.5, 0.6) is 5.75 Å². The van der Waals surface area contributed by atoms with E-state index in [-0.39, 0.29) is 0 Å². The monoisotopic (exact) mass is 289 g/mol. The Morgan fingerprint density at radius 3 is 2.48 bits per heavy atom. The lowest BCUT2D eigenvalue weighted by atomic mass is 9.95. The third kappa shape index (κ3) is 4.15. The Balaban J connectivity index is 2.18. The number of aryl methyl sites for hydroxylation is 1. The maximum atomic E-state index is 5.39. The predicted octanol–water partition coefficient (Wildman–Crippen LogP) is 5.20. The van der Waals surface area contributed by atoms with Gasteiger partial charge >= 0.3 is 0 Å². The molecule has 118 valence electrons. The van der Waals surface area contributed by atoms with Crippen molar-refractivity contribution in [3.05, 3.63) is 23.8 Å². The van der Waals surface area contributed by atoms with E-state index in [1.54, 1.807) is 7.11 Å². The minimum absolute atomic E-state index is 0.720. The molecule has 0 spiro atoms. The molecule has 21 heavy (non-hydrogen) atoms. The first-order chi connectivity index (χ1) is 10.3. The molecule has 1 aliphatic rings. The van der Waals surface area contributed by atoms with Gasteiger partial charge in [0, 0.05) is 18.3 Å². The fourth-order valence-corrected chi connectivity index (χ4v) is 3.44. The highest BCUT2D eigenvalue weighted by molar-refractivity contribution is 5.58. The highest BCUT2D eigenvalue weighted by atomic mass is 16.5. The molecule has 1 heterocycles. The van der Waals surface area contributed by atoms with Crippen LogP contribution >= 0.6 is 0 Å². The molecule has 0 amide bonds. The molecule has 0 saturated heterocycles. The molecule has 2 nitrogen and oxygen atoms in total. The third-order valence-electron chi connectivity index (χ3n) is 4.66. The smallest absolute Gasteiger partial charge is 0.119 e. The van der Waals surface area contributed by atoms with E-state index in [0.717, 1.165) is 11.8 Å². The molecule has 0 fully saturated rings. The van der Waals surface area contributed by atoms with E-state index in [0.29, 0.717) is 0 Å². The molecule has 0 bridgehead atoms. The molecular formula is C19H31NO. The Morgan fingerprint density at radius 1 is 1.14 bits per heavy atom. The molecule has 0 radical (unpaired) electrons. The molecule has 2 rings (SSSR count). The van der Waals surface area contributed by atoms with Gasteiger partial charge in [-0.15, -0.1) is 0 Å². The Bertz CT molecular complexity index is 422. The molecule has 1 aromatic carbocycles. The van der Waals surface area contributed by atoms with Gasteiger partial charge in [-0.2, -0.15) is 0 Å². The van der Waals surface area contributed by atoms with Gasteiger partial charge in [-0.25, -0.2) is 0 Å². The van der Waals surface area contributed by atoms with Gasteiger partial charge in [-0.3, -0.25) is 0 Å². The van der Waals surface area contributed by atoms with Gasteiger partial charge in [0.2, 0.25) is 0 Å². The average molecular weight is 289 g/mol. The lowest BCUT2D eigenvalue weighted by Gasteiger charge is -2.38. The third-order valence-corrected chi connectivity index (χ3v) is 4.66. The average Bonchev–Trinajstić information content (AvgIpc) is 2.54. The Labute approximate surface area is 130 Å². The molecule has 0 N–H and O–H groups in total. The van der Waals surface area contributed by atoms with E-state index in [1.165, 1.54) is 69.2 Å². The van der Waals surface area contributed by atoms with Gasteiger partial charge in [-0.05, 0) is 49.4 Å². The fourth-order valence-electron chi connectivity index (χ4n) is 3.44. The molecule has 0 unspecified atom stereocenters. The van der Waals surface area contributed by atoms with Crippen LogP contribution in [0.1, 0.15) is 64.4 Å². The highest BCUT2D eigenvalue weighted by Gasteiger charge is 2.23. The minimum Gasteiger partial charge on any atom is -0.497 e. The largest absolute Gasteiger partial charge is 0.497 e. The number of anilines is 1. The van der Waals surface area contributed by atoms with Gasteiger partial charge in [0.1, 0.15) is 5.75 Å². The van der Waals surface area contributed by atoms with Gasteiger partial charge in [0.05, 0.1) is 7.11 Å². The zero-order valence-corrected chi connectivity index (χ0v) is 14.0. The molecule has 0 aliphatic carbocycles. The van der Waals surface area contributed by atoms with Crippen LogP contribution in [0.3, 0.4) is 0 Å². The van der Waals surface area contributed by atoms with E-state index in [4.69, 9.17) is 4.74 Å². The zero-order valence-electron chi connectivity index (χ0n) is 14.0. The van der Waals surface area contributed by atoms with Gasteiger partial charge in [0.25, 0.3) is 0 Å². The Hall–Kier alpha value is -1.18. The van der Waals surface area contributed by atoms with E-state index in [2.05, 4.69) is 36.9 Å². The van der Waals surface area contributed by atoms with Crippen molar-refractivity contribution in [2.75, 3.05) is 18.6 Å². The highest BCUT2D eigenvalue weighted by Crippen LogP contribution is 2.33. The van der Waals surface area contributed by atoms with E-state index in [1.807, 2.05) is 0 Å². The Morgan fingerprint density at radius 2 is 1.86 bits per heavy atom. The molecule has 2 heteroatoms. The summed E-state index contributed by atoms with van der Waals surface area (Å²) >= 11 is 0. The molecule has 1 aliphatic heterocycles. The summed E-state index contributed by atoms with van der Waals surface area (Å²) in [5, 5.41) is 0. The van der Waals surface area contributed by atoms with E-state index < -0.39 is 0 Å². The number of unbranched alkanes of at least 4 members (excludes halogenated alkanes) is 2. The summed E-state index contributed by atoms with van der Waals surface area (Å²) in [5.74, 6) is 0.995. The number of benzene rings is 1. The lowest BCUT2D eigenvalue weighted by molar-refractivity contribution is 0.413. The topological polar surface area (TPSA) is 12.5 Å². The molecular weight excluding hydrogens is 258 g/mol. The number of ether oxygens (including phenoxy) is 1. The van der Waals surface area contributed by atoms with Crippen molar-refractivity contribution >= 4 is 5.69 Å². The summed E-state index contributed by atoms with van der Waals surface area (Å²) in [5.41, 5.74) is 2.93. The van der Waals surface area contributed by atoms with Crippen molar-refractivity contribution in [1.29, 1.82) is 0 Å². The number of hydrogen-bond donors (Lipinski definition) is 0. The van der Waals surface area contributed by atoms with Crippen molar-refractivity contribution < 1.29 is 4.74 Å². The van der Waals surface area contributed by atoms with E-state index >= 15 is 0 Å². The maximum Gasteiger partial charge on any atom is 0.119 e. The van der Waals surface area contributed by atoms with Crippen molar-refractivity contribution in [2.24, 2.45) is 0 Å². The number of hydrogen-bond acceptors (Lipinski definition) is 2. The van der Waals surface area contributed by atoms with Crippen LogP contribution in [-0.2, 0) is 6.42 Å². The Kier molecular flexibility index (Phi) is 6.41. The van der Waals surface area contributed by atoms with Crippen LogP contribution < -0.4 is 9.64 Å². The van der Waals surface area contributed by atoms with Gasteiger partial charge in [0.15, 0.2) is 0 Å². The summed E-state index contributed by atoms with van der Waals surface area (Å²) in [6.07, 6.45) is 10.4. The first kappa shape index (κ1) is 16.2. The van der Waals surface area contributed by atoms with Crippen LogP contribution in [0.2, 0.25) is 0 Å². The predicted molar refractivity (Wildman–Crippen MR) is 91.5 cm³/mol. The summed E-state index contributed by atoms with van der Waals surface area (Å²) in [6.45, 7) is 5.81. The standard InChI is InChI=1S/C19H31NO/c1-4-6-10-17(11-7-5-2)20-14-8-9-16-15-18(21-3)12-13-19(16)20/h12-13,15,17H,4-11,14H2,1-3H3. The van der Waals surface area contributed by atoms with Crippen LogP contribution in [0, 0.1) is 0 Å². The quantitative estimate of drug-likeness (QED) is 0.652. The lowest BCUT2D eigenvalue weighted by Crippen LogP contribution is -2.39. The number of fused-ring (bicyclic) bond motifs is 1. The summed E-state index contributed by atoms with van der Waals surface area (Å²) in [4.78, 5) is 2.68. The zero-order chi connectivity index (χ0) is 15.1. The molecule has 0 aromatic heterocycles. The number of rotatable bonds is 8. The number of nitrogens with zero attached hydrogens (tertiary/aromatic N) is 1. The van der Waals surface area contributed by atoms with Crippen molar-refractivity contribution in [1.82, 2.24) is 0 Å². The van der Waals surface area contributed by atoms with Crippen molar-refractivity contribution in [3.63, 3.8) is 0 Å². The first-order valence-corrected chi connectivity index (χ1v) is 8.73. The number of methoxy groups -OCH3 is 1. The SMILES string of the molecule is CCCCC(CCCC)N1CCCc2cc(OC)ccc21. The van der Waals surface area contributed by atoms with Gasteiger partial charge < -0.3 is 9.64 Å². The van der Waals surface area contributed by atoms with Crippen LogP contribution in [0.4, 0.5) is 5.69 Å². The van der Waals surface area contributed by atoms with Crippen molar-refractivity contribution in [3.8, 4) is 5.75 Å². The molecule has 0 saturated carbocycles. The molecule has 0 atom stereocenters. The first-order valence-electron chi connectivity index (χ1n) is 8.73. The second-order valence-electron chi connectivity index (χ2n) is 6.23. The summed E-state index contributed by atoms with van der Waals surface area (Å²) in [6, 6.07) is 7.35. The maximum absolute atomic E-state index is 5.39. The summed E-state index contributed by atoms with van der Waals surface area (Å²) < 4.78 is 5.39. The normalized spacial score (nSPS) is 14.4. The van der Waals surface area contributed by atoms with E-state index in [9.17, 15) is 0 Å².